The molecule has 0 heterocycles. The predicted molar refractivity (Wildman–Crippen MR) is 99.6 cm³/mol. The van der Waals surface area contributed by atoms with Crippen molar-refractivity contribution in [3.05, 3.63) is 29.8 Å². The van der Waals surface area contributed by atoms with Crippen LogP contribution < -0.4 is 10.1 Å². The van der Waals surface area contributed by atoms with Gasteiger partial charge in [-0.1, -0.05) is 26.0 Å². The molecule has 0 saturated heterocycles. The molecule has 1 aromatic rings. The van der Waals surface area contributed by atoms with Crippen LogP contribution in [0.4, 0.5) is 0 Å². The van der Waals surface area contributed by atoms with Crippen molar-refractivity contribution < 1.29 is 9.53 Å². The van der Waals surface area contributed by atoms with Crippen LogP contribution in [0.1, 0.15) is 63.9 Å². The van der Waals surface area contributed by atoms with Gasteiger partial charge in [-0.2, -0.15) is 0 Å². The molecule has 1 amide bonds. The predicted octanol–water partition coefficient (Wildman–Crippen LogP) is 4.52. The van der Waals surface area contributed by atoms with Crippen molar-refractivity contribution in [2.45, 2.75) is 64.3 Å². The highest BCUT2D eigenvalue weighted by Crippen LogP contribution is 2.53. The molecule has 136 valence electrons. The number of carbonyl (C=O) groups is 1. The van der Waals surface area contributed by atoms with Crippen LogP contribution in [-0.4, -0.2) is 18.6 Å². The summed E-state index contributed by atoms with van der Waals surface area (Å²) in [5.74, 6) is 4.71. The van der Waals surface area contributed by atoms with Crippen molar-refractivity contribution in [1.29, 1.82) is 0 Å². The quantitative estimate of drug-likeness (QED) is 0.826. The summed E-state index contributed by atoms with van der Waals surface area (Å²) in [7, 11) is 0. The second kappa shape index (κ2) is 7.01. The van der Waals surface area contributed by atoms with E-state index in [4.69, 9.17) is 4.74 Å². The lowest BCUT2D eigenvalue weighted by Gasteiger charge is -2.54. The summed E-state index contributed by atoms with van der Waals surface area (Å²) in [5, 5.41) is 3.31. The maximum atomic E-state index is 12.4. The molecule has 3 nitrogen and oxygen atoms in total. The molecule has 1 N–H and O–H groups in total. The zero-order valence-electron chi connectivity index (χ0n) is 15.5. The van der Waals surface area contributed by atoms with Gasteiger partial charge in [0, 0.05) is 6.04 Å². The molecule has 0 aliphatic heterocycles. The molecule has 4 aliphatic carbocycles. The van der Waals surface area contributed by atoms with Gasteiger partial charge in [-0.3, -0.25) is 4.79 Å². The normalized spacial score (nSPS) is 33.9. The standard InChI is InChI=1S/C22H31NO2/c1-3-14(2)17-4-6-20(7-5-17)25-13-21(24)23-22-18-9-15-8-16(11-18)12-19(22)10-15/h4-7,14-16,18-19,22H,3,8-13H2,1-2H3,(H,23,24)/t14-,15?,16?,18?,19?,22?/m0/s1. The molecular formula is C22H31NO2. The van der Waals surface area contributed by atoms with E-state index >= 15 is 0 Å². The summed E-state index contributed by atoms with van der Waals surface area (Å²) in [6, 6.07) is 8.59. The first kappa shape index (κ1) is 16.9. The Balaban J connectivity index is 1.28. The number of amides is 1. The molecule has 4 saturated carbocycles. The summed E-state index contributed by atoms with van der Waals surface area (Å²) in [6.07, 6.45) is 7.90. The zero-order chi connectivity index (χ0) is 17.4. The third-order valence-electron chi connectivity index (χ3n) is 6.99. The minimum Gasteiger partial charge on any atom is -0.484 e. The molecule has 4 bridgehead atoms. The van der Waals surface area contributed by atoms with Gasteiger partial charge in [0.2, 0.25) is 0 Å². The minimum atomic E-state index is 0.0449. The van der Waals surface area contributed by atoms with Crippen LogP contribution >= 0.6 is 0 Å². The summed E-state index contributed by atoms with van der Waals surface area (Å²) in [4.78, 5) is 12.4. The SMILES string of the molecule is CC[C@H](C)c1ccc(OCC(=O)NC2C3CC4CC(C3)CC2C4)cc1. The van der Waals surface area contributed by atoms with E-state index in [0.29, 0.717) is 12.0 Å². The molecule has 0 unspecified atom stereocenters. The Morgan fingerprint density at radius 3 is 2.24 bits per heavy atom. The van der Waals surface area contributed by atoms with Crippen LogP contribution in [0.25, 0.3) is 0 Å². The first-order chi connectivity index (χ1) is 12.1. The van der Waals surface area contributed by atoms with Crippen molar-refractivity contribution in [2.24, 2.45) is 23.7 Å². The first-order valence-corrected chi connectivity index (χ1v) is 10.1. The summed E-state index contributed by atoms with van der Waals surface area (Å²) < 4.78 is 5.72. The second-order valence-electron chi connectivity index (χ2n) is 8.69. The molecule has 5 rings (SSSR count). The van der Waals surface area contributed by atoms with Crippen molar-refractivity contribution >= 4 is 5.91 Å². The van der Waals surface area contributed by atoms with Gasteiger partial charge in [0.05, 0.1) is 0 Å². The van der Waals surface area contributed by atoms with Crippen LogP contribution in [0.5, 0.6) is 5.75 Å². The van der Waals surface area contributed by atoms with Gasteiger partial charge in [-0.15, -0.1) is 0 Å². The van der Waals surface area contributed by atoms with Gasteiger partial charge in [0.25, 0.3) is 5.91 Å². The summed E-state index contributed by atoms with van der Waals surface area (Å²) in [5.41, 5.74) is 1.33. The minimum absolute atomic E-state index is 0.0449. The third kappa shape index (κ3) is 3.56. The van der Waals surface area contributed by atoms with Crippen LogP contribution in [0.15, 0.2) is 24.3 Å². The first-order valence-electron chi connectivity index (χ1n) is 10.1. The lowest BCUT2D eigenvalue weighted by atomic mass is 9.54. The highest BCUT2D eigenvalue weighted by Gasteiger charge is 2.48. The molecule has 3 heteroatoms. The van der Waals surface area contributed by atoms with Gasteiger partial charge in [0.1, 0.15) is 5.75 Å². The number of rotatable bonds is 6. The monoisotopic (exact) mass is 341 g/mol. The number of hydrogen-bond acceptors (Lipinski definition) is 2. The van der Waals surface area contributed by atoms with Gasteiger partial charge >= 0.3 is 0 Å². The fraction of sp³-hybridized carbons (Fsp3) is 0.682. The smallest absolute Gasteiger partial charge is 0.258 e. The van der Waals surface area contributed by atoms with E-state index in [1.165, 1.54) is 37.7 Å². The molecule has 1 atom stereocenters. The van der Waals surface area contributed by atoms with E-state index < -0.39 is 0 Å². The molecule has 1 aromatic carbocycles. The maximum Gasteiger partial charge on any atom is 0.258 e. The van der Waals surface area contributed by atoms with E-state index in [1.54, 1.807) is 0 Å². The van der Waals surface area contributed by atoms with Crippen LogP contribution in [0, 0.1) is 23.7 Å². The Kier molecular flexibility index (Phi) is 4.75. The highest BCUT2D eigenvalue weighted by molar-refractivity contribution is 5.78. The van der Waals surface area contributed by atoms with E-state index in [9.17, 15) is 4.79 Å². The molecule has 0 spiro atoms. The largest absolute Gasteiger partial charge is 0.484 e. The Morgan fingerprint density at radius 2 is 1.68 bits per heavy atom. The Labute approximate surface area is 151 Å². The molecule has 4 aliphatic rings. The Morgan fingerprint density at radius 1 is 1.08 bits per heavy atom. The number of hydrogen-bond donors (Lipinski definition) is 1. The van der Waals surface area contributed by atoms with Gasteiger partial charge in [-0.25, -0.2) is 0 Å². The van der Waals surface area contributed by atoms with E-state index in [0.717, 1.165) is 35.8 Å². The number of carbonyl (C=O) groups excluding carboxylic acids is 1. The van der Waals surface area contributed by atoms with Crippen molar-refractivity contribution in [1.82, 2.24) is 5.32 Å². The van der Waals surface area contributed by atoms with Crippen LogP contribution in [-0.2, 0) is 4.79 Å². The number of benzene rings is 1. The second-order valence-corrected chi connectivity index (χ2v) is 8.69. The molecule has 0 aromatic heterocycles. The van der Waals surface area contributed by atoms with Crippen molar-refractivity contribution in [3.8, 4) is 5.75 Å². The highest BCUT2D eigenvalue weighted by atomic mass is 16.5. The fourth-order valence-electron chi connectivity index (χ4n) is 5.67. The molecule has 25 heavy (non-hydrogen) atoms. The third-order valence-corrected chi connectivity index (χ3v) is 6.99. The summed E-state index contributed by atoms with van der Waals surface area (Å²) in [6.45, 7) is 4.56. The van der Waals surface area contributed by atoms with E-state index in [2.05, 4.69) is 31.3 Å². The maximum absolute atomic E-state index is 12.4. The Bertz CT molecular complexity index is 581. The molecular weight excluding hydrogens is 310 g/mol. The number of ether oxygens (including phenoxy) is 1. The van der Waals surface area contributed by atoms with Crippen molar-refractivity contribution in [3.63, 3.8) is 0 Å². The van der Waals surface area contributed by atoms with Crippen molar-refractivity contribution in [2.75, 3.05) is 6.61 Å². The number of nitrogens with one attached hydrogen (secondary N) is 1. The van der Waals surface area contributed by atoms with E-state index in [-0.39, 0.29) is 12.5 Å². The van der Waals surface area contributed by atoms with Crippen LogP contribution in [0.3, 0.4) is 0 Å². The average Bonchev–Trinajstić information content (AvgIpc) is 2.62. The zero-order valence-corrected chi connectivity index (χ0v) is 15.5. The van der Waals surface area contributed by atoms with Crippen LogP contribution in [0.2, 0.25) is 0 Å². The van der Waals surface area contributed by atoms with Gasteiger partial charge in [-0.05, 0) is 85.8 Å². The lowest BCUT2D eigenvalue weighted by molar-refractivity contribution is -0.127. The van der Waals surface area contributed by atoms with Gasteiger partial charge < -0.3 is 10.1 Å². The van der Waals surface area contributed by atoms with Gasteiger partial charge in [0.15, 0.2) is 6.61 Å². The molecule has 0 radical (unpaired) electrons. The summed E-state index contributed by atoms with van der Waals surface area (Å²) >= 11 is 0. The molecule has 4 fully saturated rings. The van der Waals surface area contributed by atoms with E-state index in [1.807, 2.05) is 12.1 Å². The lowest BCUT2D eigenvalue weighted by Crippen LogP contribution is -2.56. The topological polar surface area (TPSA) is 38.3 Å². The Hall–Kier alpha value is -1.51. The average molecular weight is 341 g/mol. The fourth-order valence-corrected chi connectivity index (χ4v) is 5.67.